The molecule has 178 valence electrons. The highest BCUT2D eigenvalue weighted by Crippen LogP contribution is 2.17. The number of halogens is 1. The van der Waals surface area contributed by atoms with Gasteiger partial charge in [-0.3, -0.25) is 14.3 Å². The minimum Gasteiger partial charge on any atom is -0.348 e. The molecule has 0 atom stereocenters. The molecule has 0 saturated heterocycles. The van der Waals surface area contributed by atoms with Crippen LogP contribution in [0.2, 0.25) is 0 Å². The molecule has 8 nitrogen and oxygen atoms in total. The summed E-state index contributed by atoms with van der Waals surface area (Å²) in [5, 5.41) is 5.57. The van der Waals surface area contributed by atoms with Gasteiger partial charge in [-0.25, -0.2) is 12.8 Å². The first-order valence-corrected chi connectivity index (χ1v) is 11.8. The van der Waals surface area contributed by atoms with Gasteiger partial charge in [0.1, 0.15) is 5.82 Å². The lowest BCUT2D eigenvalue weighted by molar-refractivity contribution is -0.116. The van der Waals surface area contributed by atoms with E-state index in [2.05, 4.69) is 15.4 Å². The zero-order valence-corrected chi connectivity index (χ0v) is 19.5. The predicted molar refractivity (Wildman–Crippen MR) is 128 cm³/mol. The number of likely N-dealkylation sites (N-methyl/N-ethyl adjacent to an activating group) is 1. The molecule has 34 heavy (non-hydrogen) atoms. The maximum Gasteiger partial charge on any atom is 0.261 e. The van der Waals surface area contributed by atoms with E-state index in [0.717, 1.165) is 17.7 Å². The molecule has 0 aromatic heterocycles. The van der Waals surface area contributed by atoms with Gasteiger partial charge in [-0.05, 0) is 80.3 Å². The predicted octanol–water partition coefficient (Wildman–Crippen LogP) is 3.06. The van der Waals surface area contributed by atoms with Crippen molar-refractivity contribution in [1.82, 2.24) is 10.2 Å². The van der Waals surface area contributed by atoms with Crippen LogP contribution in [0.5, 0.6) is 0 Å². The molecule has 3 rings (SSSR count). The van der Waals surface area contributed by atoms with E-state index < -0.39 is 15.8 Å². The van der Waals surface area contributed by atoms with Crippen molar-refractivity contribution in [2.24, 2.45) is 0 Å². The van der Waals surface area contributed by atoms with E-state index in [9.17, 15) is 22.4 Å². The number of hydrogen-bond acceptors (Lipinski definition) is 5. The third kappa shape index (κ3) is 7.12. The second-order valence-electron chi connectivity index (χ2n) is 7.81. The molecule has 3 N–H and O–H groups in total. The number of nitrogens with zero attached hydrogens (tertiary/aromatic N) is 1. The standard InChI is InChI=1S/C24H25FN4O4S/c1-29(2)16-23(30)27-21-5-3-4-17(14-21)15-26-24(31)18-6-12-22(13-7-18)34(32,33)28-20-10-8-19(25)9-11-20/h3-14,28H,15-16H2,1-2H3,(H,26,31)(H,27,30). The zero-order valence-electron chi connectivity index (χ0n) is 18.7. The Bertz CT molecular complexity index is 1260. The molecule has 0 aliphatic carbocycles. The third-order valence-corrected chi connectivity index (χ3v) is 6.04. The third-order valence-electron chi connectivity index (χ3n) is 4.65. The van der Waals surface area contributed by atoms with Gasteiger partial charge >= 0.3 is 0 Å². The van der Waals surface area contributed by atoms with Crippen LogP contribution in [-0.2, 0) is 21.4 Å². The highest BCUT2D eigenvalue weighted by molar-refractivity contribution is 7.92. The van der Waals surface area contributed by atoms with Gasteiger partial charge in [0.05, 0.1) is 11.4 Å². The fourth-order valence-corrected chi connectivity index (χ4v) is 4.11. The lowest BCUT2D eigenvalue weighted by Crippen LogP contribution is -2.27. The molecular weight excluding hydrogens is 459 g/mol. The molecule has 0 unspecified atom stereocenters. The minimum atomic E-state index is -3.89. The fraction of sp³-hybridized carbons (Fsp3) is 0.167. The van der Waals surface area contributed by atoms with Crippen LogP contribution >= 0.6 is 0 Å². The Morgan fingerprint density at radius 3 is 2.24 bits per heavy atom. The van der Waals surface area contributed by atoms with Gasteiger partial charge in [0.2, 0.25) is 5.91 Å². The summed E-state index contributed by atoms with van der Waals surface area (Å²) in [6, 6.07) is 17.5. The van der Waals surface area contributed by atoms with E-state index >= 15 is 0 Å². The van der Waals surface area contributed by atoms with Gasteiger partial charge in [0.25, 0.3) is 15.9 Å². The van der Waals surface area contributed by atoms with Crippen LogP contribution in [0.15, 0.2) is 77.7 Å². The molecule has 0 saturated carbocycles. The summed E-state index contributed by atoms with van der Waals surface area (Å²) in [4.78, 5) is 26.1. The summed E-state index contributed by atoms with van der Waals surface area (Å²) in [6.07, 6.45) is 0. The molecule has 10 heteroatoms. The van der Waals surface area contributed by atoms with Gasteiger partial charge < -0.3 is 15.5 Å². The summed E-state index contributed by atoms with van der Waals surface area (Å²) in [7, 11) is -0.286. The summed E-state index contributed by atoms with van der Waals surface area (Å²) >= 11 is 0. The Balaban J connectivity index is 1.59. The van der Waals surface area contributed by atoms with Gasteiger partial charge in [0.15, 0.2) is 0 Å². The highest BCUT2D eigenvalue weighted by atomic mass is 32.2. The topological polar surface area (TPSA) is 108 Å². The molecular formula is C24H25FN4O4S. The second kappa shape index (κ2) is 10.9. The number of sulfonamides is 1. The Morgan fingerprint density at radius 1 is 0.912 bits per heavy atom. The maximum atomic E-state index is 13.0. The summed E-state index contributed by atoms with van der Waals surface area (Å²) in [5.41, 5.74) is 1.93. The van der Waals surface area contributed by atoms with Crippen molar-refractivity contribution < 1.29 is 22.4 Å². The minimum absolute atomic E-state index is 0.0328. The van der Waals surface area contributed by atoms with E-state index in [1.165, 1.54) is 36.4 Å². The smallest absolute Gasteiger partial charge is 0.261 e. The van der Waals surface area contributed by atoms with Crippen LogP contribution in [0.4, 0.5) is 15.8 Å². The van der Waals surface area contributed by atoms with E-state index in [-0.39, 0.29) is 41.1 Å². The van der Waals surface area contributed by atoms with Crippen molar-refractivity contribution >= 4 is 33.2 Å². The molecule has 0 heterocycles. The number of carbonyl (C=O) groups excluding carboxylic acids is 2. The molecule has 0 fully saturated rings. The monoisotopic (exact) mass is 484 g/mol. The molecule has 3 aromatic rings. The quantitative estimate of drug-likeness (QED) is 0.433. The van der Waals surface area contributed by atoms with Crippen LogP contribution in [-0.4, -0.2) is 45.8 Å². The van der Waals surface area contributed by atoms with E-state index in [1.54, 1.807) is 37.2 Å². The molecule has 0 spiro atoms. The number of anilines is 2. The van der Waals surface area contributed by atoms with Crippen molar-refractivity contribution in [2.45, 2.75) is 11.4 Å². The van der Waals surface area contributed by atoms with Gasteiger partial charge in [0, 0.05) is 23.5 Å². The van der Waals surface area contributed by atoms with Crippen LogP contribution in [0.1, 0.15) is 15.9 Å². The van der Waals surface area contributed by atoms with Crippen LogP contribution in [0.3, 0.4) is 0 Å². The summed E-state index contributed by atoms with van der Waals surface area (Å²) in [5.74, 6) is -0.994. The average molecular weight is 485 g/mol. The van der Waals surface area contributed by atoms with E-state index in [1.807, 2.05) is 6.07 Å². The lowest BCUT2D eigenvalue weighted by Gasteiger charge is -2.11. The first-order valence-electron chi connectivity index (χ1n) is 10.3. The number of benzene rings is 3. The van der Waals surface area contributed by atoms with Crippen molar-refractivity contribution in [3.63, 3.8) is 0 Å². The molecule has 0 radical (unpaired) electrons. The number of hydrogen-bond donors (Lipinski definition) is 3. The van der Waals surface area contributed by atoms with E-state index in [4.69, 9.17) is 0 Å². The molecule has 0 bridgehead atoms. The summed E-state index contributed by atoms with van der Waals surface area (Å²) < 4.78 is 40.4. The molecule has 3 aromatic carbocycles. The molecule has 0 aliphatic heterocycles. The number of amides is 2. The zero-order chi connectivity index (χ0) is 24.7. The maximum absolute atomic E-state index is 13.0. The first kappa shape index (κ1) is 24.9. The fourth-order valence-electron chi connectivity index (χ4n) is 3.05. The van der Waals surface area contributed by atoms with Crippen LogP contribution < -0.4 is 15.4 Å². The van der Waals surface area contributed by atoms with Crippen LogP contribution in [0, 0.1) is 5.82 Å². The highest BCUT2D eigenvalue weighted by Gasteiger charge is 2.15. The lowest BCUT2D eigenvalue weighted by atomic mass is 10.1. The second-order valence-corrected chi connectivity index (χ2v) is 9.49. The Hall–Kier alpha value is -3.76. The van der Waals surface area contributed by atoms with Crippen molar-refractivity contribution in [1.29, 1.82) is 0 Å². The Kier molecular flexibility index (Phi) is 7.98. The molecule has 0 aliphatic rings. The van der Waals surface area contributed by atoms with Gasteiger partial charge in [-0.1, -0.05) is 12.1 Å². The SMILES string of the molecule is CN(C)CC(=O)Nc1cccc(CNC(=O)c2ccc(S(=O)(=O)Nc3ccc(F)cc3)cc2)c1. The number of nitrogens with one attached hydrogen (secondary N) is 3. The van der Waals surface area contributed by atoms with Crippen LogP contribution in [0.25, 0.3) is 0 Å². The van der Waals surface area contributed by atoms with Gasteiger partial charge in [-0.15, -0.1) is 0 Å². The number of rotatable bonds is 9. The Labute approximate surface area is 197 Å². The van der Waals surface area contributed by atoms with E-state index in [0.29, 0.717) is 5.69 Å². The summed E-state index contributed by atoms with van der Waals surface area (Å²) in [6.45, 7) is 0.481. The number of carbonyl (C=O) groups is 2. The average Bonchev–Trinajstić information content (AvgIpc) is 2.78. The largest absolute Gasteiger partial charge is 0.348 e. The van der Waals surface area contributed by atoms with Gasteiger partial charge in [-0.2, -0.15) is 0 Å². The van der Waals surface area contributed by atoms with Crippen molar-refractivity contribution in [3.05, 3.63) is 89.7 Å². The first-order chi connectivity index (χ1) is 16.1. The Morgan fingerprint density at radius 2 is 1.59 bits per heavy atom. The van der Waals surface area contributed by atoms with Crippen molar-refractivity contribution in [2.75, 3.05) is 30.7 Å². The van der Waals surface area contributed by atoms with Crippen molar-refractivity contribution in [3.8, 4) is 0 Å². The molecule has 2 amide bonds. The normalized spacial score (nSPS) is 11.2.